The summed E-state index contributed by atoms with van der Waals surface area (Å²) in [4.78, 5) is 15.1. The van der Waals surface area contributed by atoms with E-state index >= 15 is 0 Å². The second kappa shape index (κ2) is 3.95. The molecule has 1 heterocycles. The first-order valence-electron chi connectivity index (χ1n) is 6.31. The molecule has 3 rings (SSSR count). The highest BCUT2D eigenvalue weighted by atomic mass is 16.6. The maximum atomic E-state index is 10.7. The van der Waals surface area contributed by atoms with Crippen LogP contribution >= 0.6 is 0 Å². The van der Waals surface area contributed by atoms with Crippen LogP contribution < -0.4 is 4.90 Å². The Bertz CT molecular complexity index is 468. The van der Waals surface area contributed by atoms with Crippen molar-refractivity contribution in [3.8, 4) is 0 Å². The summed E-state index contributed by atoms with van der Waals surface area (Å²) >= 11 is 0. The Kier molecular flexibility index (Phi) is 2.52. The third-order valence-electron chi connectivity index (χ3n) is 4.04. The van der Waals surface area contributed by atoms with Crippen LogP contribution in [0.15, 0.2) is 24.3 Å². The van der Waals surface area contributed by atoms with Crippen molar-refractivity contribution in [3.05, 3.63) is 34.4 Å². The summed E-state index contributed by atoms with van der Waals surface area (Å²) in [6, 6.07) is 6.96. The highest BCUT2D eigenvalue weighted by molar-refractivity contribution is 5.55. The zero-order chi connectivity index (χ0) is 12.8. The molecule has 96 valence electrons. The standard InChI is InChI=1S/C13H17N3O2/c1-14-8-9-15(13(10-14)6-7-13)11-2-4-12(5-3-11)16(17)18/h2-5H,6-10H2,1H3. The molecule has 1 aliphatic carbocycles. The molecule has 0 amide bonds. The SMILES string of the molecule is CN1CCN(c2ccc([N+](=O)[O-])cc2)C2(CC2)C1. The lowest BCUT2D eigenvalue weighted by Gasteiger charge is -2.42. The van der Waals surface area contributed by atoms with Gasteiger partial charge >= 0.3 is 0 Å². The van der Waals surface area contributed by atoms with Gasteiger partial charge in [0, 0.05) is 37.5 Å². The summed E-state index contributed by atoms with van der Waals surface area (Å²) in [6.07, 6.45) is 2.46. The van der Waals surface area contributed by atoms with Gasteiger partial charge in [0.25, 0.3) is 5.69 Å². The summed E-state index contributed by atoms with van der Waals surface area (Å²) < 4.78 is 0. The van der Waals surface area contributed by atoms with Gasteiger partial charge in [-0.2, -0.15) is 0 Å². The van der Waals surface area contributed by atoms with Crippen LogP contribution in [0.2, 0.25) is 0 Å². The van der Waals surface area contributed by atoms with E-state index in [4.69, 9.17) is 0 Å². The van der Waals surface area contributed by atoms with E-state index in [9.17, 15) is 10.1 Å². The average molecular weight is 247 g/mol. The van der Waals surface area contributed by atoms with Crippen molar-refractivity contribution in [1.82, 2.24) is 4.90 Å². The molecule has 5 heteroatoms. The molecule has 0 radical (unpaired) electrons. The lowest BCUT2D eigenvalue weighted by atomic mass is 10.1. The quantitative estimate of drug-likeness (QED) is 0.591. The number of hydrogen-bond donors (Lipinski definition) is 0. The van der Waals surface area contributed by atoms with Gasteiger partial charge in [-0.3, -0.25) is 10.1 Å². The first-order chi connectivity index (χ1) is 8.61. The Morgan fingerprint density at radius 2 is 1.89 bits per heavy atom. The van der Waals surface area contributed by atoms with E-state index in [1.165, 1.54) is 12.8 Å². The monoisotopic (exact) mass is 247 g/mol. The average Bonchev–Trinajstić information content (AvgIpc) is 3.09. The highest BCUT2D eigenvalue weighted by Crippen LogP contribution is 2.46. The van der Waals surface area contributed by atoms with Gasteiger partial charge in [0.05, 0.1) is 10.5 Å². The number of nitro groups is 1. The second-order valence-electron chi connectivity index (χ2n) is 5.39. The molecule has 0 aromatic heterocycles. The topological polar surface area (TPSA) is 49.6 Å². The molecular formula is C13H17N3O2. The molecular weight excluding hydrogens is 230 g/mol. The lowest BCUT2D eigenvalue weighted by Crippen LogP contribution is -2.53. The van der Waals surface area contributed by atoms with Crippen molar-refractivity contribution in [2.45, 2.75) is 18.4 Å². The van der Waals surface area contributed by atoms with Gasteiger partial charge in [0.1, 0.15) is 0 Å². The van der Waals surface area contributed by atoms with Crippen LogP contribution in [0, 0.1) is 10.1 Å². The Balaban J connectivity index is 1.84. The fourth-order valence-electron chi connectivity index (χ4n) is 2.90. The van der Waals surface area contributed by atoms with Crippen molar-refractivity contribution in [2.24, 2.45) is 0 Å². The van der Waals surface area contributed by atoms with Gasteiger partial charge in [-0.05, 0) is 32.0 Å². The van der Waals surface area contributed by atoms with Crippen molar-refractivity contribution >= 4 is 11.4 Å². The van der Waals surface area contributed by atoms with E-state index in [1.54, 1.807) is 12.1 Å². The summed E-state index contributed by atoms with van der Waals surface area (Å²) in [5.74, 6) is 0. The predicted octanol–water partition coefficient (Wildman–Crippen LogP) is 1.88. The zero-order valence-electron chi connectivity index (χ0n) is 10.5. The maximum absolute atomic E-state index is 10.7. The Morgan fingerprint density at radius 1 is 1.22 bits per heavy atom. The van der Waals surface area contributed by atoms with Crippen LogP contribution in [0.5, 0.6) is 0 Å². The fraction of sp³-hybridized carbons (Fsp3) is 0.538. The summed E-state index contributed by atoms with van der Waals surface area (Å²) in [5, 5.41) is 10.7. The van der Waals surface area contributed by atoms with Crippen LogP contribution in [-0.2, 0) is 0 Å². The van der Waals surface area contributed by atoms with Crippen molar-refractivity contribution in [3.63, 3.8) is 0 Å². The summed E-state index contributed by atoms with van der Waals surface area (Å²) in [5.41, 5.74) is 1.58. The molecule has 2 aliphatic rings. The number of benzene rings is 1. The molecule has 18 heavy (non-hydrogen) atoms. The Morgan fingerprint density at radius 3 is 2.44 bits per heavy atom. The molecule has 1 aliphatic heterocycles. The van der Waals surface area contributed by atoms with E-state index in [0.29, 0.717) is 5.54 Å². The Labute approximate surface area is 106 Å². The fourth-order valence-corrected chi connectivity index (χ4v) is 2.90. The third kappa shape index (κ3) is 1.84. The van der Waals surface area contributed by atoms with Crippen LogP contribution in [0.4, 0.5) is 11.4 Å². The number of nitrogens with zero attached hydrogens (tertiary/aromatic N) is 3. The van der Waals surface area contributed by atoms with Crippen LogP contribution in [0.25, 0.3) is 0 Å². The summed E-state index contributed by atoms with van der Waals surface area (Å²) in [6.45, 7) is 3.16. The van der Waals surface area contributed by atoms with Crippen LogP contribution in [0.3, 0.4) is 0 Å². The molecule has 1 spiro atoms. The molecule has 0 bridgehead atoms. The van der Waals surface area contributed by atoms with Crippen molar-refractivity contribution in [2.75, 3.05) is 31.6 Å². The molecule has 1 aromatic rings. The number of piperazine rings is 1. The van der Waals surface area contributed by atoms with Crippen molar-refractivity contribution in [1.29, 1.82) is 0 Å². The molecule has 1 saturated carbocycles. The maximum Gasteiger partial charge on any atom is 0.269 e. The minimum absolute atomic E-state index is 0.165. The minimum Gasteiger partial charge on any atom is -0.363 e. The first kappa shape index (κ1) is 11.5. The van der Waals surface area contributed by atoms with E-state index in [1.807, 2.05) is 12.1 Å². The van der Waals surface area contributed by atoms with E-state index in [2.05, 4.69) is 16.8 Å². The van der Waals surface area contributed by atoms with E-state index < -0.39 is 0 Å². The first-order valence-corrected chi connectivity index (χ1v) is 6.31. The summed E-state index contributed by atoms with van der Waals surface area (Å²) in [7, 11) is 2.16. The molecule has 1 aromatic carbocycles. The van der Waals surface area contributed by atoms with Gasteiger partial charge in [0.15, 0.2) is 0 Å². The molecule has 0 atom stereocenters. The largest absolute Gasteiger partial charge is 0.363 e. The van der Waals surface area contributed by atoms with E-state index in [-0.39, 0.29) is 10.6 Å². The van der Waals surface area contributed by atoms with Crippen LogP contribution in [0.1, 0.15) is 12.8 Å². The second-order valence-corrected chi connectivity index (χ2v) is 5.39. The number of hydrogen-bond acceptors (Lipinski definition) is 4. The smallest absolute Gasteiger partial charge is 0.269 e. The zero-order valence-corrected chi connectivity index (χ0v) is 10.5. The normalized spacial score (nSPS) is 22.2. The number of rotatable bonds is 2. The number of anilines is 1. The number of non-ortho nitro benzene ring substituents is 1. The molecule has 1 saturated heterocycles. The number of nitro benzene ring substituents is 1. The highest BCUT2D eigenvalue weighted by Gasteiger charge is 2.50. The van der Waals surface area contributed by atoms with Gasteiger partial charge in [-0.1, -0.05) is 0 Å². The van der Waals surface area contributed by atoms with E-state index in [0.717, 1.165) is 25.3 Å². The molecule has 0 N–H and O–H groups in total. The molecule has 0 unspecified atom stereocenters. The Hall–Kier alpha value is -1.62. The van der Waals surface area contributed by atoms with Gasteiger partial charge in [0.2, 0.25) is 0 Å². The lowest BCUT2D eigenvalue weighted by molar-refractivity contribution is -0.384. The third-order valence-corrected chi connectivity index (χ3v) is 4.04. The van der Waals surface area contributed by atoms with Gasteiger partial charge in [-0.15, -0.1) is 0 Å². The van der Waals surface area contributed by atoms with Gasteiger partial charge in [-0.25, -0.2) is 0 Å². The number of likely N-dealkylation sites (N-methyl/N-ethyl adjacent to an activating group) is 1. The van der Waals surface area contributed by atoms with Gasteiger partial charge < -0.3 is 9.80 Å². The predicted molar refractivity (Wildman–Crippen MR) is 69.9 cm³/mol. The van der Waals surface area contributed by atoms with Crippen LogP contribution in [-0.4, -0.2) is 42.0 Å². The molecule has 2 fully saturated rings. The minimum atomic E-state index is -0.347. The van der Waals surface area contributed by atoms with Crippen molar-refractivity contribution < 1.29 is 4.92 Å². The molecule has 5 nitrogen and oxygen atoms in total.